The molecule has 0 amide bonds. The number of nitrogens with zero attached hydrogens (tertiary/aromatic N) is 2. The van der Waals surface area contributed by atoms with E-state index >= 15 is 0 Å². The van der Waals surface area contributed by atoms with Crippen molar-refractivity contribution in [2.45, 2.75) is 13.5 Å². The third-order valence-corrected chi connectivity index (χ3v) is 7.79. The molecule has 5 aromatic carbocycles. The van der Waals surface area contributed by atoms with E-state index in [1.165, 1.54) is 16.5 Å². The molecular formula is C38H30N2O. The van der Waals surface area contributed by atoms with Gasteiger partial charge in [-0.1, -0.05) is 121 Å². The maximum absolute atomic E-state index is 6.82. The summed E-state index contributed by atoms with van der Waals surface area (Å²) in [6.07, 6.45) is 0. The average molecular weight is 531 g/mol. The maximum atomic E-state index is 6.82. The summed E-state index contributed by atoms with van der Waals surface area (Å²) in [5.74, 6) is 1.50. The van der Waals surface area contributed by atoms with Crippen LogP contribution in [-0.2, 0) is 18.3 Å². The Morgan fingerprint density at radius 2 is 1.34 bits per heavy atom. The molecule has 0 unspecified atom stereocenters. The molecule has 0 radical (unpaired) electrons. The standard InChI is InChI=1S/C38H30N2O/c1-26-22-23-33-32(24-26)35(36(40(33)2)29-18-10-5-11-19-29)34(28-16-8-4-9-17-28)37-30-20-12-13-21-31(30)38(41-37)39-25-27-14-6-3-7-15-27/h3-24H,25H2,1-2H3/b37-34-,39-38?. The second-order valence-corrected chi connectivity index (χ2v) is 10.5. The van der Waals surface area contributed by atoms with Gasteiger partial charge in [-0.15, -0.1) is 0 Å². The maximum Gasteiger partial charge on any atom is 0.223 e. The first-order valence-corrected chi connectivity index (χ1v) is 14.0. The molecule has 3 nitrogen and oxygen atoms in total. The number of fused-ring (bicyclic) bond motifs is 2. The molecule has 0 bridgehead atoms. The smallest absolute Gasteiger partial charge is 0.223 e. The van der Waals surface area contributed by atoms with Gasteiger partial charge in [-0.3, -0.25) is 0 Å². The lowest BCUT2D eigenvalue weighted by atomic mass is 9.90. The predicted octanol–water partition coefficient (Wildman–Crippen LogP) is 9.05. The molecule has 7 rings (SSSR count). The first kappa shape index (κ1) is 24.9. The van der Waals surface area contributed by atoms with Gasteiger partial charge in [0.2, 0.25) is 5.90 Å². The zero-order chi connectivity index (χ0) is 27.8. The van der Waals surface area contributed by atoms with Crippen LogP contribution in [-0.4, -0.2) is 10.5 Å². The second-order valence-electron chi connectivity index (χ2n) is 10.5. The lowest BCUT2D eigenvalue weighted by Gasteiger charge is -2.16. The molecule has 1 aliphatic rings. The van der Waals surface area contributed by atoms with Crippen molar-refractivity contribution in [1.29, 1.82) is 0 Å². The van der Waals surface area contributed by atoms with Crippen LogP contribution in [0.2, 0.25) is 0 Å². The Labute approximate surface area is 240 Å². The fraction of sp³-hybridized carbons (Fsp3) is 0.0789. The molecule has 2 heterocycles. The van der Waals surface area contributed by atoms with E-state index in [9.17, 15) is 0 Å². The summed E-state index contributed by atoms with van der Waals surface area (Å²) in [6.45, 7) is 2.71. The van der Waals surface area contributed by atoms with Crippen LogP contribution in [0.1, 0.15) is 33.4 Å². The van der Waals surface area contributed by atoms with Crippen molar-refractivity contribution in [2.75, 3.05) is 0 Å². The molecule has 0 spiro atoms. The van der Waals surface area contributed by atoms with Gasteiger partial charge in [0.1, 0.15) is 5.76 Å². The summed E-state index contributed by atoms with van der Waals surface area (Å²) in [4.78, 5) is 4.97. The first-order chi connectivity index (χ1) is 20.2. The van der Waals surface area contributed by atoms with Gasteiger partial charge in [0.25, 0.3) is 0 Å². The van der Waals surface area contributed by atoms with Crippen molar-refractivity contribution in [3.8, 4) is 11.3 Å². The van der Waals surface area contributed by atoms with E-state index in [0.717, 1.165) is 50.4 Å². The zero-order valence-electron chi connectivity index (χ0n) is 23.2. The molecular weight excluding hydrogens is 500 g/mol. The summed E-state index contributed by atoms with van der Waals surface area (Å²) in [6, 6.07) is 46.7. The molecule has 0 aliphatic carbocycles. The molecule has 0 saturated heterocycles. The summed E-state index contributed by atoms with van der Waals surface area (Å²) >= 11 is 0. The second kappa shape index (κ2) is 10.4. The third-order valence-electron chi connectivity index (χ3n) is 7.79. The molecule has 198 valence electrons. The van der Waals surface area contributed by atoms with Crippen LogP contribution in [0.15, 0.2) is 138 Å². The number of hydrogen-bond donors (Lipinski definition) is 0. The molecule has 0 fully saturated rings. The summed E-state index contributed by atoms with van der Waals surface area (Å²) in [7, 11) is 2.16. The van der Waals surface area contributed by atoms with Crippen LogP contribution < -0.4 is 0 Å². The Kier molecular flexibility index (Phi) is 6.33. The van der Waals surface area contributed by atoms with E-state index < -0.39 is 0 Å². The highest BCUT2D eigenvalue weighted by Gasteiger charge is 2.31. The van der Waals surface area contributed by atoms with Crippen LogP contribution in [0, 0.1) is 6.92 Å². The van der Waals surface area contributed by atoms with E-state index in [4.69, 9.17) is 9.73 Å². The van der Waals surface area contributed by atoms with Crippen molar-refractivity contribution >= 4 is 28.1 Å². The molecule has 0 saturated carbocycles. The minimum Gasteiger partial charge on any atom is -0.437 e. The topological polar surface area (TPSA) is 26.5 Å². The third kappa shape index (κ3) is 4.46. The lowest BCUT2D eigenvalue weighted by Crippen LogP contribution is -2.00. The highest BCUT2D eigenvalue weighted by atomic mass is 16.5. The number of benzene rings is 5. The fourth-order valence-electron chi connectivity index (χ4n) is 5.86. The number of aliphatic imine (C=N–C) groups is 1. The van der Waals surface area contributed by atoms with Crippen LogP contribution in [0.5, 0.6) is 0 Å². The number of aryl methyl sites for hydroxylation is 2. The minimum absolute atomic E-state index is 0.557. The summed E-state index contributed by atoms with van der Waals surface area (Å²) in [5, 5.41) is 1.20. The predicted molar refractivity (Wildman–Crippen MR) is 170 cm³/mol. The average Bonchev–Trinajstić information content (AvgIpc) is 3.52. The summed E-state index contributed by atoms with van der Waals surface area (Å²) < 4.78 is 9.14. The van der Waals surface area contributed by atoms with Crippen molar-refractivity contribution in [2.24, 2.45) is 12.0 Å². The van der Waals surface area contributed by atoms with Gasteiger partial charge in [0.15, 0.2) is 0 Å². The SMILES string of the molecule is Cc1ccc2c(c1)c(/C(=C1\OC(=NCc3ccccc3)c3ccccc31)c1ccccc1)c(-c1ccccc1)n2C. The lowest BCUT2D eigenvalue weighted by molar-refractivity contribution is 0.523. The van der Waals surface area contributed by atoms with Crippen molar-refractivity contribution in [3.63, 3.8) is 0 Å². The highest BCUT2D eigenvalue weighted by molar-refractivity contribution is 6.16. The Hall–Kier alpha value is -5.15. The van der Waals surface area contributed by atoms with Crippen molar-refractivity contribution in [3.05, 3.63) is 167 Å². The van der Waals surface area contributed by atoms with E-state index in [1.54, 1.807) is 0 Å². The summed E-state index contributed by atoms with van der Waals surface area (Å²) in [5.41, 5.74) is 11.3. The Bertz CT molecular complexity index is 1930. The van der Waals surface area contributed by atoms with Gasteiger partial charge in [-0.05, 0) is 41.8 Å². The Balaban J connectivity index is 1.54. The quantitative estimate of drug-likeness (QED) is 0.218. The van der Waals surface area contributed by atoms with Gasteiger partial charge in [0.05, 0.1) is 12.2 Å². The molecule has 3 heteroatoms. The van der Waals surface area contributed by atoms with E-state index in [2.05, 4.69) is 134 Å². The van der Waals surface area contributed by atoms with Crippen LogP contribution in [0.3, 0.4) is 0 Å². The molecule has 0 atom stereocenters. The fourth-order valence-corrected chi connectivity index (χ4v) is 5.86. The zero-order valence-corrected chi connectivity index (χ0v) is 23.2. The van der Waals surface area contributed by atoms with Gasteiger partial charge in [0, 0.05) is 40.2 Å². The molecule has 0 N–H and O–H groups in total. The Morgan fingerprint density at radius 3 is 2.07 bits per heavy atom. The number of hydrogen-bond acceptors (Lipinski definition) is 2. The molecule has 41 heavy (non-hydrogen) atoms. The number of aromatic nitrogens is 1. The van der Waals surface area contributed by atoms with Gasteiger partial charge in [-0.2, -0.15) is 0 Å². The van der Waals surface area contributed by atoms with E-state index in [-0.39, 0.29) is 0 Å². The monoisotopic (exact) mass is 530 g/mol. The number of rotatable bonds is 5. The molecule has 6 aromatic rings. The van der Waals surface area contributed by atoms with Crippen molar-refractivity contribution in [1.82, 2.24) is 4.57 Å². The van der Waals surface area contributed by atoms with Crippen molar-refractivity contribution < 1.29 is 4.74 Å². The largest absolute Gasteiger partial charge is 0.437 e. The van der Waals surface area contributed by atoms with E-state index in [0.29, 0.717) is 12.4 Å². The van der Waals surface area contributed by atoms with Crippen LogP contribution in [0.25, 0.3) is 33.5 Å². The van der Waals surface area contributed by atoms with Crippen LogP contribution in [0.4, 0.5) is 0 Å². The first-order valence-electron chi connectivity index (χ1n) is 14.0. The van der Waals surface area contributed by atoms with E-state index in [1.807, 2.05) is 18.2 Å². The Morgan fingerprint density at radius 1 is 0.707 bits per heavy atom. The van der Waals surface area contributed by atoms with Gasteiger partial charge >= 0.3 is 0 Å². The van der Waals surface area contributed by atoms with Gasteiger partial charge < -0.3 is 9.30 Å². The minimum atomic E-state index is 0.557. The normalized spacial score (nSPS) is 14.7. The molecule has 1 aromatic heterocycles. The van der Waals surface area contributed by atoms with Gasteiger partial charge in [-0.25, -0.2) is 4.99 Å². The van der Waals surface area contributed by atoms with Crippen LogP contribution >= 0.6 is 0 Å². The highest BCUT2D eigenvalue weighted by Crippen LogP contribution is 2.46. The molecule has 1 aliphatic heterocycles. The number of ether oxygens (including phenoxy) is 1.